The van der Waals surface area contributed by atoms with E-state index in [2.05, 4.69) is 27.1 Å². The Morgan fingerprint density at radius 3 is 2.57 bits per heavy atom. The van der Waals surface area contributed by atoms with Crippen LogP contribution in [-0.2, 0) is 21.7 Å². The van der Waals surface area contributed by atoms with E-state index in [9.17, 15) is 18.8 Å². The topological polar surface area (TPSA) is 153 Å². The third-order valence-corrected chi connectivity index (χ3v) is 7.45. The van der Waals surface area contributed by atoms with Crippen LogP contribution in [0.15, 0.2) is 53.7 Å². The van der Waals surface area contributed by atoms with Gasteiger partial charge in [0, 0.05) is 55.6 Å². The molecule has 11 heteroatoms. The number of allylic oxidation sites excluding steroid dienone is 1. The molecule has 3 fully saturated rings. The lowest BCUT2D eigenvalue weighted by Crippen LogP contribution is -2.47. The lowest BCUT2D eigenvalue weighted by atomic mass is 9.97. The molecule has 10 nitrogen and oxygen atoms in total. The Kier molecular flexibility index (Phi) is 10.0. The van der Waals surface area contributed by atoms with Crippen molar-refractivity contribution in [1.82, 2.24) is 20.9 Å². The Morgan fingerprint density at radius 2 is 1.95 bits per heavy atom. The molecule has 42 heavy (non-hydrogen) atoms. The first-order chi connectivity index (χ1) is 20.3. The quantitative estimate of drug-likeness (QED) is 0.139. The van der Waals surface area contributed by atoms with Crippen molar-refractivity contribution in [3.63, 3.8) is 0 Å². The smallest absolute Gasteiger partial charge is 0.284 e. The predicted octanol–water partition coefficient (Wildman–Crippen LogP) is 2.21. The van der Waals surface area contributed by atoms with E-state index in [1.165, 1.54) is 18.3 Å². The molecule has 1 saturated heterocycles. The summed E-state index contributed by atoms with van der Waals surface area (Å²) in [5.41, 5.74) is 7.94. The van der Waals surface area contributed by atoms with Gasteiger partial charge in [0.2, 0.25) is 6.29 Å². The summed E-state index contributed by atoms with van der Waals surface area (Å²) < 4.78 is 14.5. The number of nitriles is 1. The van der Waals surface area contributed by atoms with Crippen LogP contribution in [-0.4, -0.2) is 61.9 Å². The minimum absolute atomic E-state index is 0.0449. The highest BCUT2D eigenvalue weighted by molar-refractivity contribution is 6.23. The summed E-state index contributed by atoms with van der Waals surface area (Å²) in [5.74, 6) is -0.807. The molecule has 220 valence electrons. The van der Waals surface area contributed by atoms with Crippen molar-refractivity contribution in [2.75, 3.05) is 26.7 Å². The molecule has 0 bridgehead atoms. The van der Waals surface area contributed by atoms with Crippen LogP contribution in [0.1, 0.15) is 52.7 Å². The van der Waals surface area contributed by atoms with Crippen molar-refractivity contribution in [1.29, 1.82) is 5.26 Å². The highest BCUT2D eigenvalue weighted by atomic mass is 19.1. The molecular formula is C31H36FN7O3. The van der Waals surface area contributed by atoms with Crippen LogP contribution in [0.4, 0.5) is 4.39 Å². The van der Waals surface area contributed by atoms with Gasteiger partial charge in [-0.15, -0.1) is 0 Å². The zero-order chi connectivity index (χ0) is 30.1. The molecule has 2 aromatic rings. The molecule has 0 radical (unpaired) electrons. The van der Waals surface area contributed by atoms with Gasteiger partial charge >= 0.3 is 0 Å². The van der Waals surface area contributed by atoms with E-state index >= 15 is 0 Å². The molecule has 3 aliphatic rings. The maximum Gasteiger partial charge on any atom is 0.284 e. The number of rotatable bonds is 11. The van der Waals surface area contributed by atoms with E-state index in [4.69, 9.17) is 11.0 Å². The van der Waals surface area contributed by atoms with Crippen LogP contribution in [0.3, 0.4) is 0 Å². The van der Waals surface area contributed by atoms with Gasteiger partial charge < -0.3 is 26.6 Å². The molecular weight excluding hydrogens is 537 g/mol. The minimum Gasteiger partial charge on any atom is -0.404 e. The molecule has 1 aliphatic heterocycles. The number of carbonyl (C=O) groups is 3. The van der Waals surface area contributed by atoms with Crippen molar-refractivity contribution >= 4 is 29.9 Å². The van der Waals surface area contributed by atoms with Gasteiger partial charge in [-0.1, -0.05) is 18.2 Å². The summed E-state index contributed by atoms with van der Waals surface area (Å²) in [4.78, 5) is 41.2. The van der Waals surface area contributed by atoms with Crippen molar-refractivity contribution in [2.24, 2.45) is 16.6 Å². The van der Waals surface area contributed by atoms with Gasteiger partial charge in [0.25, 0.3) is 11.8 Å². The Morgan fingerprint density at radius 1 is 1.21 bits per heavy atom. The van der Waals surface area contributed by atoms with Crippen LogP contribution < -0.4 is 21.7 Å². The van der Waals surface area contributed by atoms with Gasteiger partial charge in [0.1, 0.15) is 5.82 Å². The number of halogens is 1. The zero-order valence-electron chi connectivity index (χ0n) is 23.6. The number of nitrogens with one attached hydrogen (secondary N) is 3. The maximum atomic E-state index is 14.5. The van der Waals surface area contributed by atoms with E-state index in [1.807, 2.05) is 13.1 Å². The number of hydrogen-bond donors (Lipinski definition) is 4. The average molecular weight is 574 g/mol. The number of aldehydes is 1. The standard InChI is InChI=1S/C25H25FN4O3.C6H11N3/c26-20-10-17(18(12-27)14-28-21-5-6-21)9-19(11-20)25(7-8-25)30-24(33)22-4-2-1-3-16(22)13-29-23(32)15-31;1-8-2-6-3-9(4-6)5-7/h1-4,9-12,14-15,21H,5-8,13,27H2,(H,29,32)(H,30,33);6,8H,2-4H2,1H3/b18-12+,28-14?;. The van der Waals surface area contributed by atoms with Crippen LogP contribution in [0.25, 0.3) is 5.57 Å². The first-order valence-corrected chi connectivity index (χ1v) is 14.0. The summed E-state index contributed by atoms with van der Waals surface area (Å²) in [7, 11) is 1.94. The van der Waals surface area contributed by atoms with Crippen LogP contribution >= 0.6 is 0 Å². The molecule has 2 aromatic carbocycles. The number of aliphatic imine (C=N–C) groups is 1. The van der Waals surface area contributed by atoms with Gasteiger partial charge in [-0.2, -0.15) is 5.26 Å². The summed E-state index contributed by atoms with van der Waals surface area (Å²) in [6, 6.07) is 11.8. The SMILES string of the molecule is CNCC1CN(C#N)C1.N/C=C(\C=NC1CC1)c1cc(F)cc(C2(NC(=O)c3ccccc3CNC(=O)C=O)CC2)c1. The molecule has 2 amide bonds. The molecule has 2 saturated carbocycles. The van der Waals surface area contributed by atoms with E-state index in [0.717, 1.165) is 32.5 Å². The maximum absolute atomic E-state index is 14.5. The van der Waals surface area contributed by atoms with Crippen LogP contribution in [0.5, 0.6) is 0 Å². The summed E-state index contributed by atoms with van der Waals surface area (Å²) in [6.45, 7) is 2.97. The van der Waals surface area contributed by atoms with E-state index in [0.29, 0.717) is 52.6 Å². The fourth-order valence-electron chi connectivity index (χ4n) is 4.74. The van der Waals surface area contributed by atoms with Gasteiger partial charge in [-0.05, 0) is 73.7 Å². The largest absolute Gasteiger partial charge is 0.404 e. The summed E-state index contributed by atoms with van der Waals surface area (Å²) in [5, 5.41) is 16.9. The third-order valence-electron chi connectivity index (χ3n) is 7.45. The van der Waals surface area contributed by atoms with Crippen molar-refractivity contribution in [2.45, 2.75) is 43.8 Å². The van der Waals surface area contributed by atoms with Crippen molar-refractivity contribution in [3.8, 4) is 6.19 Å². The minimum atomic E-state index is -0.759. The van der Waals surface area contributed by atoms with Crippen LogP contribution in [0, 0.1) is 23.2 Å². The second-order valence-corrected chi connectivity index (χ2v) is 10.8. The van der Waals surface area contributed by atoms with E-state index in [-0.39, 0.29) is 18.7 Å². The zero-order valence-corrected chi connectivity index (χ0v) is 23.6. The molecule has 0 unspecified atom stereocenters. The number of carbonyl (C=O) groups excluding carboxylic acids is 3. The van der Waals surface area contributed by atoms with Gasteiger partial charge in [0.05, 0.1) is 11.6 Å². The van der Waals surface area contributed by atoms with E-state index < -0.39 is 17.3 Å². The summed E-state index contributed by atoms with van der Waals surface area (Å²) in [6.07, 6.45) is 8.81. The van der Waals surface area contributed by atoms with Gasteiger partial charge in [-0.3, -0.25) is 19.4 Å². The number of amides is 2. The lowest BCUT2D eigenvalue weighted by molar-refractivity contribution is -0.131. The first kappa shape index (κ1) is 30.4. The first-order valence-electron chi connectivity index (χ1n) is 14.0. The molecule has 0 aromatic heterocycles. The fraction of sp³-hybridized carbons (Fsp3) is 0.387. The number of likely N-dealkylation sites (tertiary alicyclic amines) is 1. The number of nitrogens with two attached hydrogens (primary N) is 1. The molecule has 0 atom stereocenters. The number of nitrogens with zero attached hydrogens (tertiary/aromatic N) is 3. The van der Waals surface area contributed by atoms with Crippen molar-refractivity contribution in [3.05, 3.63) is 76.7 Å². The normalized spacial score (nSPS) is 17.4. The molecule has 0 spiro atoms. The predicted molar refractivity (Wildman–Crippen MR) is 157 cm³/mol. The Balaban J connectivity index is 0.000000385. The Hall–Kier alpha value is -4.56. The fourth-order valence-corrected chi connectivity index (χ4v) is 4.74. The van der Waals surface area contributed by atoms with Crippen molar-refractivity contribution < 1.29 is 18.8 Å². The second-order valence-electron chi connectivity index (χ2n) is 10.8. The number of benzene rings is 2. The third kappa shape index (κ3) is 8.01. The Labute approximate surface area is 244 Å². The van der Waals surface area contributed by atoms with Gasteiger partial charge in [0.15, 0.2) is 6.19 Å². The molecule has 5 N–H and O–H groups in total. The second kappa shape index (κ2) is 13.9. The van der Waals surface area contributed by atoms with Crippen LogP contribution in [0.2, 0.25) is 0 Å². The molecule has 5 rings (SSSR count). The monoisotopic (exact) mass is 573 g/mol. The molecule has 2 aliphatic carbocycles. The Bertz CT molecular complexity index is 1400. The average Bonchev–Trinajstić information content (AvgIpc) is 3.91. The summed E-state index contributed by atoms with van der Waals surface area (Å²) >= 11 is 0. The molecule has 1 heterocycles. The number of hydrogen-bond acceptors (Lipinski definition) is 8. The highest BCUT2D eigenvalue weighted by Gasteiger charge is 2.46. The van der Waals surface area contributed by atoms with E-state index in [1.54, 1.807) is 35.4 Å². The van der Waals surface area contributed by atoms with Gasteiger partial charge in [-0.25, -0.2) is 4.39 Å². The lowest BCUT2D eigenvalue weighted by Gasteiger charge is -2.34. The highest BCUT2D eigenvalue weighted by Crippen LogP contribution is 2.46.